The lowest BCUT2D eigenvalue weighted by Gasteiger charge is -2.50. The predicted molar refractivity (Wildman–Crippen MR) is 151 cm³/mol. The van der Waals surface area contributed by atoms with Gasteiger partial charge in [-0.2, -0.15) is 0 Å². The van der Waals surface area contributed by atoms with Crippen LogP contribution in [0.15, 0.2) is 28.7 Å². The van der Waals surface area contributed by atoms with Crippen LogP contribution in [-0.4, -0.2) is 95.2 Å². The average molecular weight is 582 g/mol. The third kappa shape index (κ3) is 4.68. The molecular weight excluding hydrogens is 546 g/mol. The number of unbranched alkanes of at least 4 members (excludes halogenated alkanes) is 1. The third-order valence-corrected chi connectivity index (χ3v) is 8.21. The molecule has 224 valence electrons. The van der Waals surface area contributed by atoms with Gasteiger partial charge in [0, 0.05) is 37.2 Å². The van der Waals surface area contributed by atoms with E-state index in [1.54, 1.807) is 39.2 Å². The number of carbonyl (C=O) groups excluding carboxylic acids is 4. The molecule has 0 heterocycles. The van der Waals surface area contributed by atoms with E-state index >= 15 is 0 Å². The van der Waals surface area contributed by atoms with Crippen LogP contribution in [0.5, 0.6) is 5.75 Å². The zero-order valence-corrected chi connectivity index (χ0v) is 24.1. The number of nitrogens with zero attached hydrogens (tertiary/aromatic N) is 2. The fourth-order valence-electron chi connectivity index (χ4n) is 6.26. The number of esters is 1. The number of ether oxygens (including phenoxy) is 1. The van der Waals surface area contributed by atoms with Gasteiger partial charge in [-0.15, -0.1) is 0 Å². The largest absolute Gasteiger partial charge is 0.510 e. The molecule has 0 saturated carbocycles. The minimum Gasteiger partial charge on any atom is -0.510 e. The van der Waals surface area contributed by atoms with Gasteiger partial charge in [0.1, 0.15) is 22.8 Å². The Labute approximate surface area is 243 Å². The number of allylic oxidation sites excluding steroid dienone is 1. The summed E-state index contributed by atoms with van der Waals surface area (Å²) in [6.07, 6.45) is 1.59. The summed E-state index contributed by atoms with van der Waals surface area (Å²) in [7, 11) is 6.59. The van der Waals surface area contributed by atoms with E-state index in [0.717, 1.165) is 6.42 Å². The zero-order chi connectivity index (χ0) is 31.3. The standard InChI is InChI=1S/C30H35N3O9/c1-6-7-10-42-19(34)9-8-14-13-18(32(2)3)16-11-15-12-17-23(33(4)5)26(37)22(29(31)40)28(39)30(17,41)27(38)20(15)25(36)21(16)24(14)35/h13,15,17,23,35,37-38,41H,6-7,10-12H2,1-5H3,(H2,31,40)/t15-,17-,23-,30-/m0/s1. The smallest absolute Gasteiger partial charge is 0.384 e. The van der Waals surface area contributed by atoms with Crippen molar-refractivity contribution in [2.24, 2.45) is 17.6 Å². The van der Waals surface area contributed by atoms with Gasteiger partial charge < -0.3 is 35.8 Å². The molecule has 0 unspecified atom stereocenters. The molecule has 0 spiro atoms. The minimum absolute atomic E-state index is 0.0233. The average Bonchev–Trinajstić information content (AvgIpc) is 2.89. The molecule has 6 N–H and O–H groups in total. The lowest BCUT2D eigenvalue weighted by atomic mass is 9.58. The van der Waals surface area contributed by atoms with Crippen molar-refractivity contribution in [2.45, 2.75) is 44.2 Å². The van der Waals surface area contributed by atoms with Crippen LogP contribution >= 0.6 is 0 Å². The maximum atomic E-state index is 14.0. The van der Waals surface area contributed by atoms with Crippen molar-refractivity contribution in [3.8, 4) is 17.6 Å². The van der Waals surface area contributed by atoms with Crippen molar-refractivity contribution in [1.82, 2.24) is 4.90 Å². The van der Waals surface area contributed by atoms with E-state index in [1.807, 2.05) is 6.92 Å². The van der Waals surface area contributed by atoms with E-state index in [4.69, 9.17) is 10.5 Å². The van der Waals surface area contributed by atoms with Crippen LogP contribution in [0.25, 0.3) is 0 Å². The number of benzene rings is 1. The number of ketones is 2. The summed E-state index contributed by atoms with van der Waals surface area (Å²) in [4.78, 5) is 54.9. The van der Waals surface area contributed by atoms with E-state index in [9.17, 15) is 39.6 Å². The molecule has 0 radical (unpaired) electrons. The minimum atomic E-state index is -2.73. The number of phenolic OH excluding ortho intramolecular Hbond substituents is 1. The van der Waals surface area contributed by atoms with Crippen molar-refractivity contribution in [2.75, 3.05) is 39.7 Å². The highest BCUT2D eigenvalue weighted by atomic mass is 16.5. The number of amides is 1. The lowest BCUT2D eigenvalue weighted by molar-refractivity contribution is -0.148. The summed E-state index contributed by atoms with van der Waals surface area (Å²) in [5, 5.41) is 45.3. The summed E-state index contributed by atoms with van der Waals surface area (Å²) in [5.41, 5.74) is 2.25. The summed E-state index contributed by atoms with van der Waals surface area (Å²) in [6, 6.07) is 0.467. The molecule has 0 fully saturated rings. The van der Waals surface area contributed by atoms with Gasteiger partial charge in [0.2, 0.25) is 5.78 Å². The first-order valence-corrected chi connectivity index (χ1v) is 13.6. The molecule has 0 saturated heterocycles. The number of carbonyl (C=O) groups is 4. The Morgan fingerprint density at radius 1 is 1.17 bits per heavy atom. The maximum Gasteiger partial charge on any atom is 0.384 e. The van der Waals surface area contributed by atoms with Crippen LogP contribution < -0.4 is 10.6 Å². The molecule has 0 aliphatic heterocycles. The van der Waals surface area contributed by atoms with E-state index in [2.05, 4.69) is 11.8 Å². The molecule has 4 rings (SSSR count). The zero-order valence-electron chi connectivity index (χ0n) is 24.1. The number of fused-ring (bicyclic) bond motifs is 3. The summed E-state index contributed by atoms with van der Waals surface area (Å²) < 4.78 is 5.04. The second kappa shape index (κ2) is 11.2. The molecule has 0 bridgehead atoms. The number of aromatic hydroxyl groups is 1. The highest BCUT2D eigenvalue weighted by molar-refractivity contribution is 6.25. The fraction of sp³-hybridized carbons (Fsp3) is 0.467. The molecule has 0 aromatic heterocycles. The number of likely N-dealkylation sites (N-methyl/N-ethyl adjacent to an activating group) is 1. The first-order chi connectivity index (χ1) is 19.7. The quantitative estimate of drug-likeness (QED) is 0.139. The molecule has 12 nitrogen and oxygen atoms in total. The Morgan fingerprint density at radius 2 is 1.83 bits per heavy atom. The Kier molecular flexibility index (Phi) is 8.13. The van der Waals surface area contributed by atoms with Crippen molar-refractivity contribution in [1.29, 1.82) is 0 Å². The SMILES string of the molecule is CCCCOC(=O)C#Cc1cc(N(C)C)c2c(c1O)C(=O)C1=C(O)[C@]3(O)C(=O)C(C(N)=O)=C(O)[C@@H](N(C)C)[C@@H]3C[C@@H]1C2. The Hall–Kier alpha value is -4.34. The predicted octanol–water partition coefficient (Wildman–Crippen LogP) is 0.881. The number of nitrogens with two attached hydrogens (primary N) is 1. The molecule has 1 aromatic carbocycles. The van der Waals surface area contributed by atoms with Gasteiger partial charge in [-0.1, -0.05) is 19.3 Å². The first-order valence-electron chi connectivity index (χ1n) is 13.6. The Morgan fingerprint density at radius 3 is 2.40 bits per heavy atom. The van der Waals surface area contributed by atoms with Crippen molar-refractivity contribution in [3.05, 3.63) is 45.4 Å². The van der Waals surface area contributed by atoms with E-state index in [0.29, 0.717) is 17.7 Å². The van der Waals surface area contributed by atoms with Gasteiger partial charge in [-0.3, -0.25) is 19.3 Å². The van der Waals surface area contributed by atoms with Gasteiger partial charge >= 0.3 is 5.97 Å². The fourth-order valence-corrected chi connectivity index (χ4v) is 6.26. The number of rotatable bonds is 6. The van der Waals surface area contributed by atoms with Crippen LogP contribution in [0.2, 0.25) is 0 Å². The van der Waals surface area contributed by atoms with Gasteiger partial charge in [0.05, 0.1) is 23.8 Å². The van der Waals surface area contributed by atoms with Crippen LogP contribution in [0, 0.1) is 23.7 Å². The molecule has 1 aromatic rings. The van der Waals surface area contributed by atoms with Gasteiger partial charge in [0.15, 0.2) is 11.4 Å². The summed E-state index contributed by atoms with van der Waals surface area (Å²) in [6.45, 7) is 2.13. The van der Waals surface area contributed by atoms with Gasteiger partial charge in [-0.05, 0) is 50.9 Å². The maximum absolute atomic E-state index is 14.0. The van der Waals surface area contributed by atoms with Crippen molar-refractivity contribution >= 4 is 29.1 Å². The van der Waals surface area contributed by atoms with E-state index in [1.165, 1.54) is 4.90 Å². The molecule has 12 heteroatoms. The molecule has 3 aliphatic rings. The van der Waals surface area contributed by atoms with Gasteiger partial charge in [-0.25, -0.2) is 4.79 Å². The van der Waals surface area contributed by atoms with Gasteiger partial charge in [0.25, 0.3) is 5.91 Å². The number of hydrogen-bond donors (Lipinski definition) is 5. The highest BCUT2D eigenvalue weighted by Gasteiger charge is 2.63. The topological polar surface area (TPSA) is 191 Å². The van der Waals surface area contributed by atoms with Crippen molar-refractivity contribution < 1.29 is 44.3 Å². The highest BCUT2D eigenvalue weighted by Crippen LogP contribution is 2.53. The second-order valence-corrected chi connectivity index (χ2v) is 11.2. The molecule has 1 amide bonds. The van der Waals surface area contributed by atoms with Crippen LogP contribution in [-0.2, 0) is 25.5 Å². The number of aliphatic hydroxyl groups is 3. The van der Waals surface area contributed by atoms with Crippen LogP contribution in [0.4, 0.5) is 5.69 Å². The second-order valence-electron chi connectivity index (χ2n) is 11.2. The molecular formula is C30H35N3O9. The van der Waals surface area contributed by atoms with E-state index < -0.39 is 69.8 Å². The number of hydrogen-bond acceptors (Lipinski definition) is 11. The Balaban J connectivity index is 1.89. The summed E-state index contributed by atoms with van der Waals surface area (Å²) in [5.74, 6) is -3.31. The molecule has 3 aliphatic carbocycles. The monoisotopic (exact) mass is 581 g/mol. The number of aliphatic hydroxyl groups excluding tert-OH is 2. The number of Topliss-reactive ketones (excluding diaryl/α,β-unsaturated/α-hetero) is 2. The third-order valence-electron chi connectivity index (χ3n) is 8.21. The van der Waals surface area contributed by atoms with Crippen LogP contribution in [0.3, 0.4) is 0 Å². The molecule has 4 atom stereocenters. The van der Waals surface area contributed by atoms with Crippen LogP contribution in [0.1, 0.15) is 47.7 Å². The number of anilines is 1. The van der Waals surface area contributed by atoms with E-state index in [-0.39, 0.29) is 36.1 Å². The number of primary amides is 1. The van der Waals surface area contributed by atoms with Crippen molar-refractivity contribution in [3.63, 3.8) is 0 Å². The molecule has 42 heavy (non-hydrogen) atoms. The lowest BCUT2D eigenvalue weighted by Crippen LogP contribution is -2.63. The Bertz CT molecular complexity index is 1510. The first kappa shape index (κ1) is 30.6. The summed E-state index contributed by atoms with van der Waals surface area (Å²) >= 11 is 0. The normalized spacial score (nSPS) is 24.9. The number of phenols is 1.